The molecule has 0 saturated carbocycles. The number of amides is 2. The number of hydrogen-bond acceptors (Lipinski definition) is 4. The van der Waals surface area contributed by atoms with Gasteiger partial charge in [-0.2, -0.15) is 9.78 Å². The van der Waals surface area contributed by atoms with E-state index in [-0.39, 0.29) is 23.6 Å². The van der Waals surface area contributed by atoms with Gasteiger partial charge < -0.3 is 10.2 Å². The van der Waals surface area contributed by atoms with Crippen molar-refractivity contribution in [2.24, 2.45) is 0 Å². The number of nitrogens with one attached hydrogen (secondary N) is 1. The van der Waals surface area contributed by atoms with Crippen molar-refractivity contribution in [3.05, 3.63) is 93.7 Å². The van der Waals surface area contributed by atoms with Crippen molar-refractivity contribution in [3.8, 4) is 5.69 Å². The lowest BCUT2D eigenvalue weighted by Crippen LogP contribution is -2.47. The van der Waals surface area contributed by atoms with Crippen LogP contribution in [0.3, 0.4) is 0 Å². The zero-order valence-electron chi connectivity index (χ0n) is 17.6. The number of piperidine rings is 1. The van der Waals surface area contributed by atoms with Gasteiger partial charge in [-0.15, -0.1) is 0 Å². The first-order valence-electron chi connectivity index (χ1n) is 10.4. The van der Waals surface area contributed by atoms with E-state index >= 15 is 0 Å². The second-order valence-corrected chi connectivity index (χ2v) is 7.80. The van der Waals surface area contributed by atoms with Gasteiger partial charge in [0.05, 0.1) is 5.69 Å². The maximum absolute atomic E-state index is 13.2. The number of nitrogens with zero attached hydrogens (tertiary/aromatic N) is 3. The van der Waals surface area contributed by atoms with Crippen LogP contribution in [-0.4, -0.2) is 45.6 Å². The van der Waals surface area contributed by atoms with Gasteiger partial charge in [0, 0.05) is 30.8 Å². The predicted octanol–water partition coefficient (Wildman–Crippen LogP) is 2.71. The number of aryl methyl sites for hydroxylation is 1. The van der Waals surface area contributed by atoms with E-state index in [9.17, 15) is 18.8 Å². The number of carbonyl (C=O) groups excluding carboxylic acids is 2. The highest BCUT2D eigenvalue weighted by Crippen LogP contribution is 2.15. The summed E-state index contributed by atoms with van der Waals surface area (Å²) >= 11 is 0. The number of rotatable bonds is 4. The fraction of sp³-hybridized carbons (Fsp3) is 0.250. The molecule has 0 unspecified atom stereocenters. The molecule has 164 valence electrons. The van der Waals surface area contributed by atoms with Crippen molar-refractivity contribution in [3.63, 3.8) is 0 Å². The third-order valence-electron chi connectivity index (χ3n) is 5.60. The van der Waals surface area contributed by atoms with Crippen LogP contribution in [0.15, 0.2) is 65.5 Å². The first-order chi connectivity index (χ1) is 15.4. The molecule has 1 fully saturated rings. The van der Waals surface area contributed by atoms with E-state index in [1.807, 2.05) is 25.1 Å². The highest BCUT2D eigenvalue weighted by molar-refractivity contribution is 5.96. The van der Waals surface area contributed by atoms with Crippen molar-refractivity contribution in [1.82, 2.24) is 20.0 Å². The van der Waals surface area contributed by atoms with Crippen LogP contribution >= 0.6 is 0 Å². The number of likely N-dealkylation sites (tertiary alicyclic amines) is 1. The van der Waals surface area contributed by atoms with Crippen molar-refractivity contribution < 1.29 is 14.0 Å². The van der Waals surface area contributed by atoms with Gasteiger partial charge in [-0.05, 0) is 61.7 Å². The summed E-state index contributed by atoms with van der Waals surface area (Å²) in [5.74, 6) is -0.822. The molecule has 1 aromatic heterocycles. The standard InChI is InChI=1S/C24H23FN4O3/c1-16-4-2-3-5-20(16)23(31)26-18-12-14-28(15-13-18)24(32)21-10-11-22(30)29(27-21)19-8-6-17(25)7-9-19/h2-11,18H,12-15H2,1H3,(H,26,31). The summed E-state index contributed by atoms with van der Waals surface area (Å²) in [6.45, 7) is 2.83. The van der Waals surface area contributed by atoms with Crippen LogP contribution in [0.2, 0.25) is 0 Å². The predicted molar refractivity (Wildman–Crippen MR) is 117 cm³/mol. The molecule has 0 bridgehead atoms. The number of carbonyl (C=O) groups is 2. The Balaban J connectivity index is 1.41. The summed E-state index contributed by atoms with van der Waals surface area (Å²) in [6.07, 6.45) is 1.25. The van der Waals surface area contributed by atoms with Crippen LogP contribution < -0.4 is 10.9 Å². The average molecular weight is 434 g/mol. The molecule has 1 N–H and O–H groups in total. The van der Waals surface area contributed by atoms with E-state index in [0.29, 0.717) is 37.2 Å². The summed E-state index contributed by atoms with van der Waals surface area (Å²) in [5, 5.41) is 7.23. The number of benzene rings is 2. The van der Waals surface area contributed by atoms with Crippen molar-refractivity contribution >= 4 is 11.8 Å². The van der Waals surface area contributed by atoms with Crippen LogP contribution in [0.1, 0.15) is 39.3 Å². The fourth-order valence-corrected chi connectivity index (χ4v) is 3.77. The first kappa shape index (κ1) is 21.4. The number of halogens is 1. The lowest BCUT2D eigenvalue weighted by atomic mass is 10.0. The zero-order chi connectivity index (χ0) is 22.7. The normalized spacial score (nSPS) is 14.2. The molecule has 8 heteroatoms. The van der Waals surface area contributed by atoms with Crippen molar-refractivity contribution in [2.45, 2.75) is 25.8 Å². The Morgan fingerprint density at radius 1 is 1.00 bits per heavy atom. The Kier molecular flexibility index (Phi) is 6.11. The highest BCUT2D eigenvalue weighted by Gasteiger charge is 2.26. The van der Waals surface area contributed by atoms with E-state index in [0.717, 1.165) is 10.2 Å². The van der Waals surface area contributed by atoms with E-state index in [4.69, 9.17) is 0 Å². The smallest absolute Gasteiger partial charge is 0.274 e. The van der Waals surface area contributed by atoms with Gasteiger partial charge >= 0.3 is 0 Å². The lowest BCUT2D eigenvalue weighted by Gasteiger charge is -2.32. The SMILES string of the molecule is Cc1ccccc1C(=O)NC1CCN(C(=O)c2ccc(=O)n(-c3ccc(F)cc3)n2)CC1. The third-order valence-corrected chi connectivity index (χ3v) is 5.60. The molecule has 32 heavy (non-hydrogen) atoms. The quantitative estimate of drug-likeness (QED) is 0.684. The van der Waals surface area contributed by atoms with Gasteiger partial charge in [0.15, 0.2) is 0 Å². The Morgan fingerprint density at radius 3 is 2.38 bits per heavy atom. The summed E-state index contributed by atoms with van der Waals surface area (Å²) in [6, 6.07) is 15.4. The lowest BCUT2D eigenvalue weighted by molar-refractivity contribution is 0.0690. The van der Waals surface area contributed by atoms with Crippen molar-refractivity contribution in [1.29, 1.82) is 0 Å². The second kappa shape index (κ2) is 9.13. The molecule has 4 rings (SSSR count). The van der Waals surface area contributed by atoms with Crippen LogP contribution in [0.25, 0.3) is 5.69 Å². The third kappa shape index (κ3) is 4.59. The summed E-state index contributed by atoms with van der Waals surface area (Å²) < 4.78 is 14.3. The topological polar surface area (TPSA) is 84.3 Å². The molecule has 2 aromatic carbocycles. The Labute approximate surface area is 184 Å². The summed E-state index contributed by atoms with van der Waals surface area (Å²) in [7, 11) is 0. The molecule has 3 aromatic rings. The minimum atomic E-state index is -0.425. The molecule has 1 aliphatic heterocycles. The second-order valence-electron chi connectivity index (χ2n) is 7.80. The molecule has 7 nitrogen and oxygen atoms in total. The number of aromatic nitrogens is 2. The zero-order valence-corrected chi connectivity index (χ0v) is 17.6. The maximum atomic E-state index is 13.2. The molecule has 1 aliphatic rings. The molecule has 0 radical (unpaired) electrons. The molecule has 2 heterocycles. The van der Waals surface area contributed by atoms with Crippen LogP contribution in [0.4, 0.5) is 4.39 Å². The van der Waals surface area contributed by atoms with Gasteiger partial charge in [-0.1, -0.05) is 18.2 Å². The van der Waals surface area contributed by atoms with Crippen molar-refractivity contribution in [2.75, 3.05) is 13.1 Å². The number of hydrogen-bond donors (Lipinski definition) is 1. The molecular weight excluding hydrogens is 411 g/mol. The van der Waals surface area contributed by atoms with E-state index in [1.165, 1.54) is 36.4 Å². The van der Waals surface area contributed by atoms with Crippen LogP contribution in [0.5, 0.6) is 0 Å². The summed E-state index contributed by atoms with van der Waals surface area (Å²) in [4.78, 5) is 39.3. The van der Waals surface area contributed by atoms with Gasteiger partial charge in [-0.25, -0.2) is 4.39 Å². The van der Waals surface area contributed by atoms with E-state index < -0.39 is 11.4 Å². The maximum Gasteiger partial charge on any atom is 0.274 e. The Bertz CT molecular complexity index is 1200. The monoisotopic (exact) mass is 434 g/mol. The largest absolute Gasteiger partial charge is 0.349 e. The van der Waals surface area contributed by atoms with E-state index in [1.54, 1.807) is 11.0 Å². The Hall–Kier alpha value is -3.81. The van der Waals surface area contributed by atoms with Crippen LogP contribution in [-0.2, 0) is 0 Å². The molecule has 0 aliphatic carbocycles. The molecule has 2 amide bonds. The highest BCUT2D eigenvalue weighted by atomic mass is 19.1. The molecular formula is C24H23FN4O3. The fourth-order valence-electron chi connectivity index (χ4n) is 3.77. The van der Waals surface area contributed by atoms with Gasteiger partial charge in [0.1, 0.15) is 11.5 Å². The van der Waals surface area contributed by atoms with Gasteiger partial charge in [0.25, 0.3) is 17.4 Å². The first-order valence-corrected chi connectivity index (χ1v) is 10.4. The summed E-state index contributed by atoms with van der Waals surface area (Å²) in [5.41, 5.74) is 1.67. The van der Waals surface area contributed by atoms with Gasteiger partial charge in [0.2, 0.25) is 0 Å². The minimum absolute atomic E-state index is 0.0210. The molecule has 0 atom stereocenters. The van der Waals surface area contributed by atoms with Gasteiger partial charge in [-0.3, -0.25) is 14.4 Å². The van der Waals surface area contributed by atoms with Crippen LogP contribution in [0, 0.1) is 12.7 Å². The molecule has 1 saturated heterocycles. The molecule has 0 spiro atoms. The Morgan fingerprint density at radius 2 is 1.69 bits per heavy atom. The average Bonchev–Trinajstić information content (AvgIpc) is 2.80. The van der Waals surface area contributed by atoms with E-state index in [2.05, 4.69) is 10.4 Å². The minimum Gasteiger partial charge on any atom is -0.349 e.